The molecule has 0 aliphatic heterocycles. The largest absolute Gasteiger partial charge is 0.352 e. The highest BCUT2D eigenvalue weighted by Crippen LogP contribution is 2.07. The van der Waals surface area contributed by atoms with E-state index in [1.807, 2.05) is 20.8 Å². The summed E-state index contributed by atoms with van der Waals surface area (Å²) in [5.74, 6) is 0.853. The molecular formula is C12H26N2O. The number of amides is 1. The van der Waals surface area contributed by atoms with Crippen LogP contribution in [0.1, 0.15) is 47.5 Å². The van der Waals surface area contributed by atoms with Crippen molar-refractivity contribution in [3.05, 3.63) is 0 Å². The fourth-order valence-electron chi connectivity index (χ4n) is 1.30. The molecule has 0 aliphatic rings. The lowest BCUT2D eigenvalue weighted by Gasteiger charge is -2.20. The highest BCUT2D eigenvalue weighted by atomic mass is 16.2. The van der Waals surface area contributed by atoms with Gasteiger partial charge in [-0.3, -0.25) is 4.79 Å². The summed E-state index contributed by atoms with van der Waals surface area (Å²) in [6.07, 6.45) is 2.16. The summed E-state index contributed by atoms with van der Waals surface area (Å²) in [5.41, 5.74) is 5.75. The minimum atomic E-state index is -0.383. The van der Waals surface area contributed by atoms with Crippen molar-refractivity contribution in [3.63, 3.8) is 0 Å². The standard InChI is InChI=1S/C12H26N2O/c1-8(2)6-7-10(5)14-12(15)11(13)9(3)4/h8-11H,6-7,13H2,1-5H3,(H,14,15)/t10?,11-/m1/s1. The minimum absolute atomic E-state index is 0.0266. The van der Waals surface area contributed by atoms with Crippen molar-refractivity contribution >= 4 is 5.91 Å². The quantitative estimate of drug-likeness (QED) is 0.709. The molecule has 0 heterocycles. The van der Waals surface area contributed by atoms with E-state index >= 15 is 0 Å². The van der Waals surface area contributed by atoms with E-state index in [2.05, 4.69) is 19.2 Å². The number of hydrogen-bond acceptors (Lipinski definition) is 2. The number of rotatable bonds is 6. The van der Waals surface area contributed by atoms with Gasteiger partial charge in [0.25, 0.3) is 0 Å². The van der Waals surface area contributed by atoms with E-state index in [0.717, 1.165) is 12.8 Å². The van der Waals surface area contributed by atoms with Gasteiger partial charge in [0.1, 0.15) is 0 Å². The fraction of sp³-hybridized carbons (Fsp3) is 0.917. The zero-order chi connectivity index (χ0) is 12.0. The monoisotopic (exact) mass is 214 g/mol. The Balaban J connectivity index is 3.85. The first kappa shape index (κ1) is 14.4. The van der Waals surface area contributed by atoms with Gasteiger partial charge in [-0.1, -0.05) is 27.7 Å². The second kappa shape index (κ2) is 6.83. The third kappa shape index (κ3) is 6.50. The van der Waals surface area contributed by atoms with E-state index in [-0.39, 0.29) is 23.9 Å². The van der Waals surface area contributed by atoms with Gasteiger partial charge in [-0.25, -0.2) is 0 Å². The van der Waals surface area contributed by atoms with Gasteiger partial charge < -0.3 is 11.1 Å². The van der Waals surface area contributed by atoms with Crippen LogP contribution in [0.2, 0.25) is 0 Å². The van der Waals surface area contributed by atoms with Crippen molar-refractivity contribution in [2.75, 3.05) is 0 Å². The van der Waals surface area contributed by atoms with Crippen LogP contribution >= 0.6 is 0 Å². The summed E-state index contributed by atoms with van der Waals surface area (Å²) in [7, 11) is 0. The Hall–Kier alpha value is -0.570. The summed E-state index contributed by atoms with van der Waals surface area (Å²) in [6, 6.07) is -0.156. The Labute approximate surface area is 93.8 Å². The van der Waals surface area contributed by atoms with Gasteiger partial charge in [0.15, 0.2) is 0 Å². The zero-order valence-corrected chi connectivity index (χ0v) is 10.7. The molecule has 0 aromatic rings. The highest BCUT2D eigenvalue weighted by molar-refractivity contribution is 5.81. The fourth-order valence-corrected chi connectivity index (χ4v) is 1.30. The minimum Gasteiger partial charge on any atom is -0.352 e. The molecule has 0 rings (SSSR count). The SMILES string of the molecule is CC(C)CCC(C)NC(=O)[C@H](N)C(C)C. The normalized spacial score (nSPS) is 15.5. The highest BCUT2D eigenvalue weighted by Gasteiger charge is 2.18. The zero-order valence-electron chi connectivity index (χ0n) is 10.7. The lowest BCUT2D eigenvalue weighted by atomic mass is 10.0. The third-order valence-electron chi connectivity index (χ3n) is 2.59. The van der Waals surface area contributed by atoms with E-state index in [1.54, 1.807) is 0 Å². The summed E-state index contributed by atoms with van der Waals surface area (Å²) in [5, 5.41) is 2.95. The second-order valence-electron chi connectivity index (χ2n) is 5.15. The van der Waals surface area contributed by atoms with Crippen molar-refractivity contribution in [3.8, 4) is 0 Å². The molecule has 3 N–H and O–H groups in total. The summed E-state index contributed by atoms with van der Waals surface area (Å²) < 4.78 is 0. The Morgan fingerprint density at radius 2 is 1.67 bits per heavy atom. The Bertz CT molecular complexity index is 190. The van der Waals surface area contributed by atoms with Crippen LogP contribution in [0.25, 0.3) is 0 Å². The number of carbonyl (C=O) groups is 1. The molecule has 3 nitrogen and oxygen atoms in total. The first-order valence-corrected chi connectivity index (χ1v) is 5.90. The third-order valence-corrected chi connectivity index (χ3v) is 2.59. The molecule has 0 saturated carbocycles. The van der Waals surface area contributed by atoms with Gasteiger partial charge in [-0.15, -0.1) is 0 Å². The van der Waals surface area contributed by atoms with Gasteiger partial charge in [0, 0.05) is 6.04 Å². The van der Waals surface area contributed by atoms with Crippen molar-refractivity contribution < 1.29 is 4.79 Å². The van der Waals surface area contributed by atoms with Crippen LogP contribution in [0.5, 0.6) is 0 Å². The molecule has 0 radical (unpaired) electrons. The number of hydrogen-bond donors (Lipinski definition) is 2. The average molecular weight is 214 g/mol. The second-order valence-corrected chi connectivity index (χ2v) is 5.15. The summed E-state index contributed by atoms with van der Waals surface area (Å²) >= 11 is 0. The lowest BCUT2D eigenvalue weighted by Crippen LogP contribution is -2.47. The molecule has 3 heteroatoms. The molecule has 0 saturated heterocycles. The molecule has 0 fully saturated rings. The molecule has 15 heavy (non-hydrogen) atoms. The van der Waals surface area contributed by atoms with Crippen LogP contribution < -0.4 is 11.1 Å². The van der Waals surface area contributed by atoms with Crippen LogP contribution in [0.3, 0.4) is 0 Å². The molecule has 0 aromatic carbocycles. The molecule has 0 aromatic heterocycles. The molecular weight excluding hydrogens is 188 g/mol. The molecule has 1 unspecified atom stereocenters. The van der Waals surface area contributed by atoms with Crippen LogP contribution in [-0.2, 0) is 4.79 Å². The number of carbonyl (C=O) groups excluding carboxylic acids is 1. The van der Waals surface area contributed by atoms with E-state index in [9.17, 15) is 4.79 Å². The maximum Gasteiger partial charge on any atom is 0.237 e. The van der Waals surface area contributed by atoms with E-state index < -0.39 is 0 Å². The van der Waals surface area contributed by atoms with E-state index in [0.29, 0.717) is 5.92 Å². The van der Waals surface area contributed by atoms with Crippen molar-refractivity contribution in [2.24, 2.45) is 17.6 Å². The predicted octanol–water partition coefficient (Wildman–Crippen LogP) is 1.91. The van der Waals surface area contributed by atoms with Gasteiger partial charge in [0.05, 0.1) is 6.04 Å². The van der Waals surface area contributed by atoms with Gasteiger partial charge in [0.2, 0.25) is 5.91 Å². The molecule has 0 bridgehead atoms. The molecule has 2 atom stereocenters. The smallest absolute Gasteiger partial charge is 0.237 e. The Morgan fingerprint density at radius 1 is 1.13 bits per heavy atom. The molecule has 1 amide bonds. The van der Waals surface area contributed by atoms with Gasteiger partial charge in [-0.2, -0.15) is 0 Å². The topological polar surface area (TPSA) is 55.1 Å². The van der Waals surface area contributed by atoms with Crippen LogP contribution in [-0.4, -0.2) is 18.0 Å². The Morgan fingerprint density at radius 3 is 2.07 bits per heavy atom. The van der Waals surface area contributed by atoms with Crippen LogP contribution in [0, 0.1) is 11.8 Å². The van der Waals surface area contributed by atoms with Crippen molar-refractivity contribution in [2.45, 2.75) is 59.5 Å². The predicted molar refractivity (Wildman–Crippen MR) is 64.5 cm³/mol. The van der Waals surface area contributed by atoms with Gasteiger partial charge in [-0.05, 0) is 31.6 Å². The lowest BCUT2D eigenvalue weighted by molar-refractivity contribution is -0.123. The van der Waals surface area contributed by atoms with E-state index in [1.165, 1.54) is 0 Å². The maximum atomic E-state index is 11.6. The average Bonchev–Trinajstić information content (AvgIpc) is 2.13. The maximum absolute atomic E-state index is 11.6. The first-order valence-electron chi connectivity index (χ1n) is 5.90. The molecule has 90 valence electrons. The molecule has 0 aliphatic carbocycles. The van der Waals surface area contributed by atoms with E-state index in [4.69, 9.17) is 5.73 Å². The number of nitrogens with one attached hydrogen (secondary N) is 1. The van der Waals surface area contributed by atoms with Crippen LogP contribution in [0.15, 0.2) is 0 Å². The number of nitrogens with two attached hydrogens (primary N) is 1. The Kier molecular flexibility index (Phi) is 6.57. The van der Waals surface area contributed by atoms with Crippen molar-refractivity contribution in [1.29, 1.82) is 0 Å². The first-order chi connectivity index (χ1) is 6.84. The van der Waals surface area contributed by atoms with Crippen LogP contribution in [0.4, 0.5) is 0 Å². The summed E-state index contributed by atoms with van der Waals surface area (Å²) in [6.45, 7) is 10.3. The molecule has 0 spiro atoms. The van der Waals surface area contributed by atoms with Crippen molar-refractivity contribution in [1.82, 2.24) is 5.32 Å². The summed E-state index contributed by atoms with van der Waals surface area (Å²) in [4.78, 5) is 11.6. The van der Waals surface area contributed by atoms with Gasteiger partial charge >= 0.3 is 0 Å².